The summed E-state index contributed by atoms with van der Waals surface area (Å²) in [5.74, 6) is -0.130. The molecule has 5 heteroatoms. The Morgan fingerprint density at radius 1 is 1.12 bits per heavy atom. The summed E-state index contributed by atoms with van der Waals surface area (Å²) in [5.41, 5.74) is 2.56. The molecule has 122 valence electrons. The maximum Gasteiger partial charge on any atom is 0.255 e. The van der Waals surface area contributed by atoms with Crippen molar-refractivity contribution in [3.05, 3.63) is 82.3 Å². The van der Waals surface area contributed by atoms with Gasteiger partial charge in [0.2, 0.25) is 0 Å². The van der Waals surface area contributed by atoms with Crippen LogP contribution in [0.1, 0.15) is 33.8 Å². The van der Waals surface area contributed by atoms with Crippen molar-refractivity contribution in [3.8, 4) is 0 Å². The molecule has 0 saturated heterocycles. The summed E-state index contributed by atoms with van der Waals surface area (Å²) in [5, 5.41) is 8.48. The Morgan fingerprint density at radius 2 is 1.88 bits per heavy atom. The highest BCUT2D eigenvalue weighted by atomic mass is 32.1. The topological polar surface area (TPSA) is 54.0 Å². The van der Waals surface area contributed by atoms with Crippen LogP contribution in [-0.2, 0) is 6.54 Å². The van der Waals surface area contributed by atoms with Crippen LogP contribution in [0.25, 0.3) is 0 Å². The van der Waals surface area contributed by atoms with Crippen molar-refractivity contribution < 1.29 is 4.79 Å². The summed E-state index contributed by atoms with van der Waals surface area (Å²) in [6, 6.07) is 15.8. The van der Waals surface area contributed by atoms with Crippen LogP contribution in [0.2, 0.25) is 0 Å². The fraction of sp³-hybridized carbons (Fsp3) is 0.158. The molecule has 4 nitrogen and oxygen atoms in total. The predicted octanol–water partition coefficient (Wildman–Crippen LogP) is 4.25. The molecule has 24 heavy (non-hydrogen) atoms. The average molecular weight is 337 g/mol. The number of amides is 1. The van der Waals surface area contributed by atoms with Gasteiger partial charge in [-0.3, -0.25) is 9.78 Å². The third kappa shape index (κ3) is 4.28. The van der Waals surface area contributed by atoms with Gasteiger partial charge in [0.15, 0.2) is 0 Å². The Hall–Kier alpha value is -2.50. The molecule has 0 spiro atoms. The van der Waals surface area contributed by atoms with E-state index in [0.717, 1.165) is 12.2 Å². The molecule has 3 aromatic rings. The normalized spacial score (nSPS) is 11.9. The van der Waals surface area contributed by atoms with Crippen molar-refractivity contribution in [2.75, 3.05) is 5.32 Å². The first-order chi connectivity index (χ1) is 11.7. The summed E-state index contributed by atoms with van der Waals surface area (Å²) in [4.78, 5) is 17.3. The summed E-state index contributed by atoms with van der Waals surface area (Å²) < 4.78 is 0. The summed E-state index contributed by atoms with van der Waals surface area (Å²) >= 11 is 1.76. The quantitative estimate of drug-likeness (QED) is 0.707. The van der Waals surface area contributed by atoms with Gasteiger partial charge in [-0.2, -0.15) is 0 Å². The van der Waals surface area contributed by atoms with E-state index in [2.05, 4.69) is 40.1 Å². The standard InChI is InChI=1S/C19H19N3OS/c1-14(18-3-2-12-24-18)21-13-15-4-6-17(7-5-15)22-19(23)16-8-10-20-11-9-16/h2-12,14,21H,13H2,1H3,(H,22,23)/t14-/m0/s1. The number of aromatic nitrogens is 1. The van der Waals surface area contributed by atoms with E-state index in [1.807, 2.05) is 24.3 Å². The first kappa shape index (κ1) is 16.4. The van der Waals surface area contributed by atoms with Crippen molar-refractivity contribution in [1.29, 1.82) is 0 Å². The lowest BCUT2D eigenvalue weighted by molar-refractivity contribution is 0.102. The molecule has 2 aromatic heterocycles. The van der Waals surface area contributed by atoms with Gasteiger partial charge in [-0.15, -0.1) is 11.3 Å². The largest absolute Gasteiger partial charge is 0.322 e. The van der Waals surface area contributed by atoms with Gasteiger partial charge >= 0.3 is 0 Å². The van der Waals surface area contributed by atoms with Crippen molar-refractivity contribution in [2.24, 2.45) is 0 Å². The maximum atomic E-state index is 12.1. The van der Waals surface area contributed by atoms with Gasteiger partial charge in [0.25, 0.3) is 5.91 Å². The van der Waals surface area contributed by atoms with Gasteiger partial charge < -0.3 is 10.6 Å². The molecule has 0 bridgehead atoms. The highest BCUT2D eigenvalue weighted by Gasteiger charge is 2.07. The lowest BCUT2D eigenvalue weighted by Crippen LogP contribution is -2.17. The van der Waals surface area contributed by atoms with E-state index in [4.69, 9.17) is 0 Å². The van der Waals surface area contributed by atoms with Crippen molar-refractivity contribution >= 4 is 22.9 Å². The predicted molar refractivity (Wildman–Crippen MR) is 98.2 cm³/mol. The summed E-state index contributed by atoms with van der Waals surface area (Å²) in [6.45, 7) is 2.95. The van der Waals surface area contributed by atoms with E-state index in [1.54, 1.807) is 35.9 Å². The molecule has 0 aliphatic carbocycles. The molecule has 0 aliphatic rings. The van der Waals surface area contributed by atoms with E-state index in [1.165, 1.54) is 10.4 Å². The number of nitrogens with zero attached hydrogens (tertiary/aromatic N) is 1. The summed E-state index contributed by atoms with van der Waals surface area (Å²) in [6.07, 6.45) is 3.22. The second-order valence-corrected chi connectivity index (χ2v) is 6.48. The number of nitrogens with one attached hydrogen (secondary N) is 2. The molecule has 0 unspecified atom stereocenters. The number of carbonyl (C=O) groups excluding carboxylic acids is 1. The average Bonchev–Trinajstić information content (AvgIpc) is 3.16. The monoisotopic (exact) mass is 337 g/mol. The van der Waals surface area contributed by atoms with Crippen LogP contribution in [0.3, 0.4) is 0 Å². The fourth-order valence-electron chi connectivity index (χ4n) is 2.32. The van der Waals surface area contributed by atoms with Gasteiger partial charge in [0, 0.05) is 41.1 Å². The number of carbonyl (C=O) groups is 1. The Balaban J connectivity index is 1.54. The molecule has 2 heterocycles. The van der Waals surface area contributed by atoms with E-state index in [0.29, 0.717) is 11.6 Å². The van der Waals surface area contributed by atoms with Gasteiger partial charge in [0.05, 0.1) is 0 Å². The first-order valence-electron chi connectivity index (χ1n) is 7.79. The van der Waals surface area contributed by atoms with E-state index in [-0.39, 0.29) is 5.91 Å². The molecule has 0 radical (unpaired) electrons. The van der Waals surface area contributed by atoms with Crippen molar-refractivity contribution in [1.82, 2.24) is 10.3 Å². The van der Waals surface area contributed by atoms with Crippen LogP contribution < -0.4 is 10.6 Å². The van der Waals surface area contributed by atoms with Crippen LogP contribution in [0.5, 0.6) is 0 Å². The number of anilines is 1. The van der Waals surface area contributed by atoms with Gasteiger partial charge in [-0.05, 0) is 48.2 Å². The van der Waals surface area contributed by atoms with Crippen LogP contribution >= 0.6 is 11.3 Å². The van der Waals surface area contributed by atoms with Crippen molar-refractivity contribution in [3.63, 3.8) is 0 Å². The zero-order chi connectivity index (χ0) is 16.8. The Bertz CT molecular complexity index is 770. The lowest BCUT2D eigenvalue weighted by atomic mass is 10.1. The molecular weight excluding hydrogens is 318 g/mol. The van der Waals surface area contributed by atoms with Crippen LogP contribution in [0, 0.1) is 0 Å². The first-order valence-corrected chi connectivity index (χ1v) is 8.67. The zero-order valence-corrected chi connectivity index (χ0v) is 14.2. The second-order valence-electron chi connectivity index (χ2n) is 5.50. The number of rotatable bonds is 6. The molecule has 2 N–H and O–H groups in total. The van der Waals surface area contributed by atoms with Gasteiger partial charge in [0.1, 0.15) is 0 Å². The minimum Gasteiger partial charge on any atom is -0.322 e. The highest BCUT2D eigenvalue weighted by Crippen LogP contribution is 2.19. The van der Waals surface area contributed by atoms with E-state index in [9.17, 15) is 4.79 Å². The second kappa shape index (κ2) is 7.86. The van der Waals surface area contributed by atoms with E-state index < -0.39 is 0 Å². The highest BCUT2D eigenvalue weighted by molar-refractivity contribution is 7.10. The van der Waals surface area contributed by atoms with Crippen LogP contribution in [0.4, 0.5) is 5.69 Å². The molecule has 0 aliphatic heterocycles. The molecule has 0 fully saturated rings. The van der Waals surface area contributed by atoms with Crippen LogP contribution in [0.15, 0.2) is 66.3 Å². The molecule has 3 rings (SSSR count). The van der Waals surface area contributed by atoms with Crippen molar-refractivity contribution in [2.45, 2.75) is 19.5 Å². The summed E-state index contributed by atoms with van der Waals surface area (Å²) in [7, 11) is 0. The number of benzene rings is 1. The number of hydrogen-bond acceptors (Lipinski definition) is 4. The maximum absolute atomic E-state index is 12.1. The Morgan fingerprint density at radius 3 is 2.54 bits per heavy atom. The molecule has 1 atom stereocenters. The third-order valence-electron chi connectivity index (χ3n) is 3.74. The third-order valence-corrected chi connectivity index (χ3v) is 4.79. The van der Waals surface area contributed by atoms with E-state index >= 15 is 0 Å². The molecule has 0 saturated carbocycles. The van der Waals surface area contributed by atoms with Crippen LogP contribution in [-0.4, -0.2) is 10.9 Å². The van der Waals surface area contributed by atoms with Gasteiger partial charge in [-0.25, -0.2) is 0 Å². The molecule has 1 amide bonds. The minimum absolute atomic E-state index is 0.130. The van der Waals surface area contributed by atoms with Gasteiger partial charge in [-0.1, -0.05) is 18.2 Å². The fourth-order valence-corrected chi connectivity index (χ4v) is 3.08. The minimum atomic E-state index is -0.130. The Labute approximate surface area is 145 Å². The lowest BCUT2D eigenvalue weighted by Gasteiger charge is -2.12. The smallest absolute Gasteiger partial charge is 0.255 e. The number of thiophene rings is 1. The number of hydrogen-bond donors (Lipinski definition) is 2. The number of pyridine rings is 1. The SMILES string of the molecule is C[C@H](NCc1ccc(NC(=O)c2ccncc2)cc1)c1cccs1. The zero-order valence-electron chi connectivity index (χ0n) is 13.4. The Kier molecular flexibility index (Phi) is 5.36. The molecular formula is C19H19N3OS. The molecule has 1 aromatic carbocycles.